The number of pyridine rings is 1. The summed E-state index contributed by atoms with van der Waals surface area (Å²) in [5, 5.41) is 10.8. The molecule has 1 aromatic heterocycles. The van der Waals surface area contributed by atoms with Crippen LogP contribution in [0.3, 0.4) is 0 Å². The average molecular weight is 393 g/mol. The highest BCUT2D eigenvalue weighted by Crippen LogP contribution is 2.28. The van der Waals surface area contributed by atoms with Crippen LogP contribution in [-0.2, 0) is 5.33 Å². The minimum absolute atomic E-state index is 0.272. The van der Waals surface area contributed by atoms with Gasteiger partial charge in [0.15, 0.2) is 0 Å². The van der Waals surface area contributed by atoms with Crippen molar-refractivity contribution in [3.05, 3.63) is 31.0 Å². The number of hydrogen-bond acceptors (Lipinski definition) is 3. The van der Waals surface area contributed by atoms with E-state index in [0.717, 1.165) is 6.07 Å². The predicted molar refractivity (Wildman–Crippen MR) is 61.2 cm³/mol. The van der Waals surface area contributed by atoms with E-state index in [9.17, 15) is 18.9 Å². The molecule has 0 aliphatic rings. The van der Waals surface area contributed by atoms with Crippen molar-refractivity contribution in [3.8, 4) is 0 Å². The zero-order valence-corrected chi connectivity index (χ0v) is 10.8. The SMILES string of the molecule is O=[N+]([O-])c1nc(C(F)F)cc(CBr)c1I. The van der Waals surface area contributed by atoms with Crippen molar-refractivity contribution in [2.45, 2.75) is 11.8 Å². The van der Waals surface area contributed by atoms with Crippen LogP contribution < -0.4 is 0 Å². The number of halogens is 4. The van der Waals surface area contributed by atoms with Gasteiger partial charge in [-0.2, -0.15) is 0 Å². The fourth-order valence-electron chi connectivity index (χ4n) is 0.919. The van der Waals surface area contributed by atoms with Crippen molar-refractivity contribution in [2.24, 2.45) is 0 Å². The van der Waals surface area contributed by atoms with Gasteiger partial charge in [-0.25, -0.2) is 8.78 Å². The largest absolute Gasteiger partial charge is 0.377 e. The second-order valence-corrected chi connectivity index (χ2v) is 4.17. The maximum absolute atomic E-state index is 12.4. The van der Waals surface area contributed by atoms with Crippen LogP contribution in [0.5, 0.6) is 0 Å². The van der Waals surface area contributed by atoms with Gasteiger partial charge in [0.05, 0.1) is 0 Å². The third-order valence-corrected chi connectivity index (χ3v) is 3.36. The third kappa shape index (κ3) is 2.80. The molecule has 0 spiro atoms. The van der Waals surface area contributed by atoms with Crippen molar-refractivity contribution in [2.75, 3.05) is 0 Å². The summed E-state index contributed by atoms with van der Waals surface area (Å²) >= 11 is 4.79. The molecule has 8 heteroatoms. The molecule has 0 amide bonds. The van der Waals surface area contributed by atoms with Gasteiger partial charge in [-0.05, 0) is 44.1 Å². The minimum Gasteiger partial charge on any atom is -0.358 e. The highest BCUT2D eigenvalue weighted by atomic mass is 127. The van der Waals surface area contributed by atoms with Crippen LogP contribution in [-0.4, -0.2) is 9.91 Å². The topological polar surface area (TPSA) is 56.0 Å². The molecule has 0 saturated carbocycles. The van der Waals surface area contributed by atoms with E-state index < -0.39 is 22.9 Å². The molecule has 0 fully saturated rings. The Kier molecular flexibility index (Phi) is 4.32. The van der Waals surface area contributed by atoms with Crippen LogP contribution in [0.2, 0.25) is 0 Å². The molecule has 0 radical (unpaired) electrons. The quantitative estimate of drug-likeness (QED) is 0.343. The molecule has 1 aromatic rings. The first-order valence-corrected chi connectivity index (χ1v) is 5.85. The van der Waals surface area contributed by atoms with E-state index in [1.807, 2.05) is 0 Å². The minimum atomic E-state index is -2.81. The Balaban J connectivity index is 3.38. The third-order valence-electron chi connectivity index (χ3n) is 1.58. The maximum Gasteiger partial charge on any atom is 0.377 e. The molecule has 0 aliphatic carbocycles. The van der Waals surface area contributed by atoms with Crippen LogP contribution >= 0.6 is 38.5 Å². The van der Waals surface area contributed by atoms with Crippen molar-refractivity contribution in [3.63, 3.8) is 0 Å². The maximum atomic E-state index is 12.4. The molecule has 1 heterocycles. The molecule has 0 atom stereocenters. The fraction of sp³-hybridized carbons (Fsp3) is 0.286. The first-order chi connectivity index (χ1) is 6.97. The molecule has 82 valence electrons. The van der Waals surface area contributed by atoms with Gasteiger partial charge in [0.25, 0.3) is 0 Å². The van der Waals surface area contributed by atoms with Crippen LogP contribution in [0.4, 0.5) is 14.6 Å². The van der Waals surface area contributed by atoms with Gasteiger partial charge in [0.2, 0.25) is 5.69 Å². The van der Waals surface area contributed by atoms with Gasteiger partial charge in [0, 0.05) is 5.33 Å². The Bertz CT molecular complexity index is 403. The molecule has 15 heavy (non-hydrogen) atoms. The van der Waals surface area contributed by atoms with E-state index >= 15 is 0 Å². The molecule has 1 rings (SSSR count). The number of hydrogen-bond donors (Lipinski definition) is 0. The van der Waals surface area contributed by atoms with E-state index in [4.69, 9.17) is 0 Å². The monoisotopic (exact) mass is 392 g/mol. The van der Waals surface area contributed by atoms with Crippen LogP contribution in [0.25, 0.3) is 0 Å². The summed E-state index contributed by atoms with van der Waals surface area (Å²) < 4.78 is 25.0. The molecule has 0 aliphatic heterocycles. The van der Waals surface area contributed by atoms with Crippen molar-refractivity contribution in [1.29, 1.82) is 0 Å². The zero-order valence-electron chi connectivity index (χ0n) is 7.08. The highest BCUT2D eigenvalue weighted by molar-refractivity contribution is 14.1. The smallest absolute Gasteiger partial charge is 0.358 e. The standard InChI is InChI=1S/C7H4BrF2IN2O2/c8-2-3-1-4(6(9)10)12-7(5(3)11)13(14)15/h1,6H,2H2. The Morgan fingerprint density at radius 2 is 2.27 bits per heavy atom. The summed E-state index contributed by atoms with van der Waals surface area (Å²) in [4.78, 5) is 13.1. The second kappa shape index (κ2) is 5.10. The average Bonchev–Trinajstić information content (AvgIpc) is 2.17. The van der Waals surface area contributed by atoms with E-state index in [2.05, 4.69) is 20.9 Å². The van der Waals surface area contributed by atoms with Gasteiger partial charge in [-0.1, -0.05) is 15.9 Å². The fourth-order valence-corrected chi connectivity index (χ4v) is 2.55. The van der Waals surface area contributed by atoms with Crippen molar-refractivity contribution >= 4 is 44.3 Å². The summed E-state index contributed by atoms with van der Waals surface area (Å²) in [6.07, 6.45) is -2.81. The molecular formula is C7H4BrF2IN2O2. The summed E-state index contributed by atoms with van der Waals surface area (Å²) in [5.74, 6) is -0.525. The summed E-state index contributed by atoms with van der Waals surface area (Å²) in [5.41, 5.74) is -0.135. The zero-order chi connectivity index (χ0) is 11.6. The highest BCUT2D eigenvalue weighted by Gasteiger charge is 2.24. The van der Waals surface area contributed by atoms with Gasteiger partial charge in [0.1, 0.15) is 3.57 Å². The van der Waals surface area contributed by atoms with Gasteiger partial charge < -0.3 is 10.1 Å². The van der Waals surface area contributed by atoms with Crippen LogP contribution in [0, 0.1) is 13.7 Å². The van der Waals surface area contributed by atoms with E-state index in [-0.39, 0.29) is 8.90 Å². The first-order valence-electron chi connectivity index (χ1n) is 3.65. The normalized spacial score (nSPS) is 10.7. The second-order valence-electron chi connectivity index (χ2n) is 2.54. The van der Waals surface area contributed by atoms with Crippen molar-refractivity contribution < 1.29 is 13.7 Å². The number of alkyl halides is 3. The lowest BCUT2D eigenvalue weighted by molar-refractivity contribution is -0.390. The van der Waals surface area contributed by atoms with E-state index in [1.54, 1.807) is 22.6 Å². The first kappa shape index (κ1) is 12.7. The summed E-state index contributed by atoms with van der Waals surface area (Å²) in [6, 6.07) is 1.16. The van der Waals surface area contributed by atoms with Gasteiger partial charge in [-0.15, -0.1) is 0 Å². The van der Waals surface area contributed by atoms with E-state index in [0.29, 0.717) is 5.56 Å². The molecule has 0 bridgehead atoms. The number of aromatic nitrogens is 1. The Labute approximate surface area is 105 Å². The lowest BCUT2D eigenvalue weighted by Crippen LogP contribution is -2.03. The lowest BCUT2D eigenvalue weighted by atomic mass is 10.2. The number of rotatable bonds is 3. The Morgan fingerprint density at radius 3 is 2.67 bits per heavy atom. The predicted octanol–water partition coefficient (Wildman–Crippen LogP) is 3.43. The Hall–Kier alpha value is -0.380. The lowest BCUT2D eigenvalue weighted by Gasteiger charge is -2.03. The van der Waals surface area contributed by atoms with Gasteiger partial charge in [-0.3, -0.25) is 0 Å². The molecular weight excluding hydrogens is 389 g/mol. The van der Waals surface area contributed by atoms with Gasteiger partial charge >= 0.3 is 12.2 Å². The molecule has 4 nitrogen and oxygen atoms in total. The number of nitrogens with zero attached hydrogens (tertiary/aromatic N) is 2. The van der Waals surface area contributed by atoms with Crippen molar-refractivity contribution in [1.82, 2.24) is 4.98 Å². The van der Waals surface area contributed by atoms with E-state index in [1.165, 1.54) is 0 Å². The summed E-state index contributed by atoms with van der Waals surface area (Å²) in [6.45, 7) is 0. The molecule has 0 N–H and O–H groups in total. The Morgan fingerprint density at radius 1 is 1.67 bits per heavy atom. The molecule has 0 saturated heterocycles. The van der Waals surface area contributed by atoms with Crippen LogP contribution in [0.15, 0.2) is 6.07 Å². The summed E-state index contributed by atoms with van der Waals surface area (Å²) in [7, 11) is 0. The van der Waals surface area contributed by atoms with Crippen LogP contribution in [0.1, 0.15) is 17.7 Å². The molecule has 0 aromatic carbocycles. The number of nitro groups is 1. The molecule has 0 unspecified atom stereocenters.